The first kappa shape index (κ1) is 34.9. The van der Waals surface area contributed by atoms with Gasteiger partial charge in [0, 0.05) is 37.1 Å². The molecule has 2 heterocycles. The molecular weight excluding hydrogens is 558 g/mol. The Morgan fingerprint density at radius 1 is 1.10 bits per heavy atom. The van der Waals surface area contributed by atoms with Crippen LogP contribution in [0.1, 0.15) is 74.0 Å². The second-order valence-corrected chi connectivity index (χ2v) is 13.3. The smallest absolute Gasteiger partial charge is 0.330 e. The summed E-state index contributed by atoms with van der Waals surface area (Å²) >= 11 is 0. The number of nitriles is 1. The molecule has 1 aromatic heterocycles. The van der Waals surface area contributed by atoms with Crippen LogP contribution in [0.3, 0.4) is 0 Å². The van der Waals surface area contributed by atoms with Gasteiger partial charge in [-0.05, 0) is 54.4 Å². The van der Waals surface area contributed by atoms with Gasteiger partial charge in [-0.25, -0.2) is 9.46 Å². The lowest BCUT2D eigenvalue weighted by molar-refractivity contribution is -0.0549. The molecule has 6 atom stereocenters. The van der Waals surface area contributed by atoms with E-state index in [9.17, 15) is 9.59 Å². The number of H-pyrrole nitrogens is 1. The molecule has 0 spiro atoms. The third-order valence-electron chi connectivity index (χ3n) is 6.30. The van der Waals surface area contributed by atoms with Gasteiger partial charge in [0.25, 0.3) is 14.1 Å². The van der Waals surface area contributed by atoms with E-state index in [2.05, 4.69) is 50.3 Å². The second-order valence-electron chi connectivity index (χ2n) is 9.95. The molecule has 40 heavy (non-hydrogen) atoms. The average molecular weight is 605 g/mol. The maximum atomic E-state index is 12.7. The summed E-state index contributed by atoms with van der Waals surface area (Å²) in [7, 11) is -1.13. The molecule has 14 heteroatoms. The Morgan fingerprint density at radius 3 is 2.27 bits per heavy atom. The molecule has 1 saturated heterocycles. The maximum Gasteiger partial charge on any atom is 0.330 e. The summed E-state index contributed by atoms with van der Waals surface area (Å²) in [5.41, 5.74) is -0.959. The fourth-order valence-electron chi connectivity index (χ4n) is 4.63. The maximum absolute atomic E-state index is 12.7. The van der Waals surface area contributed by atoms with E-state index in [1.54, 1.807) is 7.11 Å². The normalized spacial score (nSPS) is 22.9. The Labute approximate surface area is 240 Å². The highest BCUT2D eigenvalue weighted by Gasteiger charge is 2.49. The van der Waals surface area contributed by atoms with Gasteiger partial charge in [0.2, 0.25) is 0 Å². The van der Waals surface area contributed by atoms with Crippen LogP contribution in [0.4, 0.5) is 0 Å². The van der Waals surface area contributed by atoms with E-state index >= 15 is 0 Å². The van der Waals surface area contributed by atoms with Crippen molar-refractivity contribution in [2.45, 2.75) is 110 Å². The summed E-state index contributed by atoms with van der Waals surface area (Å²) in [5, 5.41) is 9.10. The Bertz CT molecular complexity index is 1020. The molecular formula is C26H46N4O8P2. The molecule has 2 rings (SSSR count). The molecule has 1 fully saturated rings. The Balaban J connectivity index is 2.43. The molecule has 0 bridgehead atoms. The summed E-state index contributed by atoms with van der Waals surface area (Å²) in [6.45, 7) is 15.6. The van der Waals surface area contributed by atoms with Crippen LogP contribution in [0.5, 0.6) is 0 Å². The Kier molecular flexibility index (Phi) is 15.4. The molecule has 0 radical (unpaired) electrons. The minimum atomic E-state index is -1.60. The van der Waals surface area contributed by atoms with E-state index < -0.39 is 52.7 Å². The zero-order valence-electron chi connectivity index (χ0n) is 24.9. The lowest BCUT2D eigenvalue weighted by Gasteiger charge is -2.38. The minimum absolute atomic E-state index is 0.105. The summed E-state index contributed by atoms with van der Waals surface area (Å²) in [5.74, 6) is 0. The van der Waals surface area contributed by atoms with Crippen molar-refractivity contribution in [2.24, 2.45) is 0 Å². The third-order valence-corrected chi connectivity index (χ3v) is 10.4. The third kappa shape index (κ3) is 9.65. The monoisotopic (exact) mass is 604 g/mol. The zero-order valence-corrected chi connectivity index (χ0v) is 26.7. The number of nitrogens with one attached hydrogen (secondary N) is 1. The van der Waals surface area contributed by atoms with Crippen molar-refractivity contribution in [1.82, 2.24) is 14.2 Å². The van der Waals surface area contributed by atoms with Crippen LogP contribution in [0.2, 0.25) is 0 Å². The standard InChI is InChI=1S/C26H46N4O8P2/c1-9-34-39(35-10-2)20(7)12-13-21-23(38-40(36-17-11-15-27)30(18(3)4)19(5)6)24(33-8)25(37-21)29-16-14-22(31)28-26(29)32/h14,16,18-21,23-25H,9-13,17H2,1-8H3,(H,28,31,32). The summed E-state index contributed by atoms with van der Waals surface area (Å²) in [4.78, 5) is 26.7. The van der Waals surface area contributed by atoms with Gasteiger partial charge in [-0.3, -0.25) is 14.3 Å². The minimum Gasteiger partial charge on any atom is -0.374 e. The first-order chi connectivity index (χ1) is 19.1. The molecule has 0 aromatic carbocycles. The van der Waals surface area contributed by atoms with Crippen LogP contribution in [-0.4, -0.2) is 77.2 Å². The molecule has 0 saturated carbocycles. The van der Waals surface area contributed by atoms with Crippen molar-refractivity contribution in [1.29, 1.82) is 5.26 Å². The number of aromatic amines is 1. The SMILES string of the molecule is CCOP(OCC)C(C)CCC1OC(n2ccc(=O)[nH]c2=O)C(OC)C1OP(OCCC#N)N(C(C)C)C(C)C. The van der Waals surface area contributed by atoms with Crippen molar-refractivity contribution in [3.8, 4) is 6.07 Å². The van der Waals surface area contributed by atoms with Crippen LogP contribution >= 0.6 is 16.9 Å². The van der Waals surface area contributed by atoms with Crippen LogP contribution in [-0.2, 0) is 27.6 Å². The summed E-state index contributed by atoms with van der Waals surface area (Å²) in [6, 6.07) is 3.60. The number of rotatable bonds is 18. The molecule has 1 aromatic rings. The second kappa shape index (κ2) is 17.6. The molecule has 1 aliphatic heterocycles. The van der Waals surface area contributed by atoms with Gasteiger partial charge in [0.1, 0.15) is 12.2 Å². The van der Waals surface area contributed by atoms with Gasteiger partial charge < -0.3 is 27.6 Å². The number of hydrogen-bond acceptors (Lipinski definition) is 10. The highest BCUT2D eigenvalue weighted by molar-refractivity contribution is 7.48. The Hall–Kier alpha value is -1.25. The van der Waals surface area contributed by atoms with Crippen LogP contribution < -0.4 is 11.2 Å². The van der Waals surface area contributed by atoms with Crippen LogP contribution in [0.15, 0.2) is 21.9 Å². The van der Waals surface area contributed by atoms with Gasteiger partial charge in [-0.1, -0.05) is 6.92 Å². The zero-order chi connectivity index (χ0) is 29.8. The van der Waals surface area contributed by atoms with E-state index in [1.165, 1.54) is 16.8 Å². The predicted molar refractivity (Wildman–Crippen MR) is 155 cm³/mol. The fraction of sp³-hybridized carbons (Fsp3) is 0.808. The van der Waals surface area contributed by atoms with Crippen molar-refractivity contribution >= 4 is 16.9 Å². The molecule has 6 unspecified atom stereocenters. The molecule has 228 valence electrons. The lowest BCUT2D eigenvalue weighted by Crippen LogP contribution is -2.41. The number of ether oxygens (including phenoxy) is 2. The molecule has 0 amide bonds. The molecule has 1 N–H and O–H groups in total. The highest BCUT2D eigenvalue weighted by atomic mass is 31.2. The van der Waals surface area contributed by atoms with Crippen molar-refractivity contribution in [3.05, 3.63) is 33.1 Å². The van der Waals surface area contributed by atoms with Gasteiger partial charge in [-0.2, -0.15) is 5.26 Å². The first-order valence-electron chi connectivity index (χ1n) is 13.9. The van der Waals surface area contributed by atoms with E-state index in [4.69, 9.17) is 32.8 Å². The topological polar surface area (TPSA) is 137 Å². The fourth-order valence-corrected chi connectivity index (χ4v) is 7.85. The summed E-state index contributed by atoms with van der Waals surface area (Å²) < 4.78 is 40.4. The van der Waals surface area contributed by atoms with E-state index in [0.717, 1.165) is 6.42 Å². The highest BCUT2D eigenvalue weighted by Crippen LogP contribution is 2.51. The number of aromatic nitrogens is 2. The van der Waals surface area contributed by atoms with Crippen LogP contribution in [0, 0.1) is 11.3 Å². The van der Waals surface area contributed by atoms with Gasteiger partial charge in [0.15, 0.2) is 14.6 Å². The van der Waals surface area contributed by atoms with E-state index in [0.29, 0.717) is 19.6 Å². The number of methoxy groups -OCH3 is 1. The molecule has 12 nitrogen and oxygen atoms in total. The van der Waals surface area contributed by atoms with E-state index in [1.807, 2.05) is 13.8 Å². The quantitative estimate of drug-likeness (QED) is 0.186. The first-order valence-corrected chi connectivity index (χ1v) is 16.3. The van der Waals surface area contributed by atoms with Crippen LogP contribution in [0.25, 0.3) is 0 Å². The lowest BCUT2D eigenvalue weighted by atomic mass is 10.0. The number of hydrogen-bond donors (Lipinski definition) is 1. The van der Waals surface area contributed by atoms with Crippen molar-refractivity contribution < 1.29 is 27.6 Å². The van der Waals surface area contributed by atoms with Crippen molar-refractivity contribution in [2.75, 3.05) is 26.9 Å². The predicted octanol–water partition coefficient (Wildman–Crippen LogP) is 4.66. The van der Waals surface area contributed by atoms with Gasteiger partial charge in [-0.15, -0.1) is 0 Å². The van der Waals surface area contributed by atoms with Gasteiger partial charge in [0.05, 0.1) is 38.4 Å². The largest absolute Gasteiger partial charge is 0.374 e. The molecule has 1 aliphatic rings. The van der Waals surface area contributed by atoms with Crippen molar-refractivity contribution in [3.63, 3.8) is 0 Å². The average Bonchev–Trinajstić information content (AvgIpc) is 3.23. The Morgan fingerprint density at radius 2 is 1.75 bits per heavy atom. The summed E-state index contributed by atoms with van der Waals surface area (Å²) in [6.07, 6.45) is 0.397. The van der Waals surface area contributed by atoms with E-state index in [-0.39, 0.29) is 30.8 Å². The van der Waals surface area contributed by atoms with Gasteiger partial charge >= 0.3 is 5.69 Å². The molecule has 0 aliphatic carbocycles. The number of nitrogens with zero attached hydrogens (tertiary/aromatic N) is 3.